The Morgan fingerprint density at radius 3 is 2.55 bits per heavy atom. The summed E-state index contributed by atoms with van der Waals surface area (Å²) in [6.07, 6.45) is 0.396. The fourth-order valence-electron chi connectivity index (χ4n) is 3.34. The van der Waals surface area contributed by atoms with E-state index in [1.165, 1.54) is 16.9 Å². The van der Waals surface area contributed by atoms with Crippen LogP contribution in [0.25, 0.3) is 0 Å². The summed E-state index contributed by atoms with van der Waals surface area (Å²) in [4.78, 5) is 26.7. The molecule has 0 radical (unpaired) electrons. The Hall–Kier alpha value is -3.06. The zero-order valence-corrected chi connectivity index (χ0v) is 17.4. The molecule has 148 valence electrons. The highest BCUT2D eigenvalue weighted by Gasteiger charge is 2.34. The van der Waals surface area contributed by atoms with Gasteiger partial charge in [0.15, 0.2) is 0 Å². The highest BCUT2D eigenvalue weighted by Crippen LogP contribution is 2.34. The number of aromatic nitrogens is 2. The van der Waals surface area contributed by atoms with Gasteiger partial charge in [-0.2, -0.15) is 0 Å². The Kier molecular flexibility index (Phi) is 5.15. The largest absolute Gasteiger partial charge is 0.312 e. The summed E-state index contributed by atoms with van der Waals surface area (Å²) in [6, 6.07) is 13.4. The number of amides is 2. The van der Waals surface area contributed by atoms with Crippen molar-refractivity contribution < 1.29 is 9.59 Å². The molecule has 2 aromatic carbocycles. The first-order chi connectivity index (χ1) is 13.9. The number of nitrogens with one attached hydrogen (secondary N) is 1. The van der Waals surface area contributed by atoms with Gasteiger partial charge >= 0.3 is 0 Å². The monoisotopic (exact) mass is 406 g/mol. The van der Waals surface area contributed by atoms with Crippen molar-refractivity contribution in [1.82, 2.24) is 10.2 Å². The van der Waals surface area contributed by atoms with Crippen LogP contribution >= 0.6 is 11.3 Å². The topological polar surface area (TPSA) is 75.2 Å². The van der Waals surface area contributed by atoms with E-state index in [9.17, 15) is 9.59 Å². The number of nitrogens with zero attached hydrogens (tertiary/aromatic N) is 3. The van der Waals surface area contributed by atoms with Crippen molar-refractivity contribution in [2.45, 2.75) is 33.1 Å². The van der Waals surface area contributed by atoms with E-state index in [1.807, 2.05) is 49.1 Å². The van der Waals surface area contributed by atoms with Crippen LogP contribution in [0.15, 0.2) is 42.5 Å². The lowest BCUT2D eigenvalue weighted by molar-refractivity contribution is -0.117. The van der Waals surface area contributed by atoms with Gasteiger partial charge in [-0.15, -0.1) is 10.2 Å². The number of anilines is 2. The fraction of sp³-hybridized carbons (Fsp3) is 0.273. The first-order valence-corrected chi connectivity index (χ1v) is 10.3. The molecule has 2 amide bonds. The molecule has 6 nitrogen and oxygen atoms in total. The van der Waals surface area contributed by atoms with E-state index in [0.29, 0.717) is 23.7 Å². The molecule has 0 bridgehead atoms. The molecule has 1 aromatic heterocycles. The SMILES string of the molecule is Cc1ccc(C(=O)Nc2nnc([C@@H]3CC(=O)N(c4ccc(C)c(C)c4)C3)s2)cc1. The molecule has 1 fully saturated rings. The second kappa shape index (κ2) is 7.75. The third kappa shape index (κ3) is 4.05. The number of hydrogen-bond donors (Lipinski definition) is 1. The van der Waals surface area contributed by atoms with Crippen LogP contribution in [0.4, 0.5) is 10.8 Å². The van der Waals surface area contributed by atoms with Crippen molar-refractivity contribution in [1.29, 1.82) is 0 Å². The van der Waals surface area contributed by atoms with E-state index in [-0.39, 0.29) is 17.7 Å². The molecule has 3 aromatic rings. The van der Waals surface area contributed by atoms with E-state index in [4.69, 9.17) is 0 Å². The average Bonchev–Trinajstić information content (AvgIpc) is 3.31. The van der Waals surface area contributed by atoms with E-state index in [1.54, 1.807) is 12.1 Å². The lowest BCUT2D eigenvalue weighted by Gasteiger charge is -2.17. The Balaban J connectivity index is 1.45. The molecule has 0 saturated carbocycles. The summed E-state index contributed by atoms with van der Waals surface area (Å²) < 4.78 is 0. The first kappa shape index (κ1) is 19.3. The van der Waals surface area contributed by atoms with Gasteiger partial charge in [0, 0.05) is 30.1 Å². The van der Waals surface area contributed by atoms with E-state index in [0.717, 1.165) is 21.8 Å². The molecule has 1 atom stereocenters. The molecular weight excluding hydrogens is 384 g/mol. The Labute approximate surface area is 173 Å². The Morgan fingerprint density at radius 2 is 1.83 bits per heavy atom. The smallest absolute Gasteiger partial charge is 0.257 e. The number of carbonyl (C=O) groups excluding carboxylic acids is 2. The van der Waals surface area contributed by atoms with Gasteiger partial charge in [-0.3, -0.25) is 14.9 Å². The molecule has 1 N–H and O–H groups in total. The van der Waals surface area contributed by atoms with Crippen molar-refractivity contribution >= 4 is 34.0 Å². The van der Waals surface area contributed by atoms with Crippen molar-refractivity contribution in [2.24, 2.45) is 0 Å². The van der Waals surface area contributed by atoms with Crippen molar-refractivity contribution in [3.8, 4) is 0 Å². The molecule has 1 aliphatic heterocycles. The number of rotatable bonds is 4. The maximum Gasteiger partial charge on any atom is 0.257 e. The summed E-state index contributed by atoms with van der Waals surface area (Å²) in [6.45, 7) is 6.65. The maximum absolute atomic E-state index is 12.6. The third-order valence-electron chi connectivity index (χ3n) is 5.25. The molecule has 7 heteroatoms. The Bertz CT molecular complexity index is 1070. The summed E-state index contributed by atoms with van der Waals surface area (Å²) in [7, 11) is 0. The fourth-order valence-corrected chi connectivity index (χ4v) is 4.17. The van der Waals surface area contributed by atoms with Crippen molar-refractivity contribution in [3.63, 3.8) is 0 Å². The van der Waals surface area contributed by atoms with Crippen LogP contribution in [0.5, 0.6) is 0 Å². The molecular formula is C22H22N4O2S. The van der Waals surface area contributed by atoms with Gasteiger partial charge in [0.2, 0.25) is 11.0 Å². The molecule has 4 rings (SSSR count). The van der Waals surface area contributed by atoms with Crippen LogP contribution < -0.4 is 10.2 Å². The van der Waals surface area contributed by atoms with Crippen LogP contribution in [0, 0.1) is 20.8 Å². The minimum Gasteiger partial charge on any atom is -0.312 e. The molecule has 29 heavy (non-hydrogen) atoms. The van der Waals surface area contributed by atoms with Crippen LogP contribution in [-0.2, 0) is 4.79 Å². The Morgan fingerprint density at radius 1 is 1.07 bits per heavy atom. The number of aryl methyl sites for hydroxylation is 3. The molecule has 1 saturated heterocycles. The van der Waals surface area contributed by atoms with Crippen molar-refractivity contribution in [3.05, 3.63) is 69.7 Å². The maximum atomic E-state index is 12.6. The van der Waals surface area contributed by atoms with Gasteiger partial charge in [0.25, 0.3) is 5.91 Å². The molecule has 0 aliphatic carbocycles. The zero-order chi connectivity index (χ0) is 20.5. The quantitative estimate of drug-likeness (QED) is 0.703. The average molecular weight is 407 g/mol. The summed E-state index contributed by atoms with van der Waals surface area (Å²) in [5.41, 5.74) is 4.95. The van der Waals surface area contributed by atoms with Gasteiger partial charge in [-0.1, -0.05) is 35.1 Å². The van der Waals surface area contributed by atoms with E-state index in [2.05, 4.69) is 22.4 Å². The predicted octanol–water partition coefficient (Wildman–Crippen LogP) is 4.24. The normalized spacial score (nSPS) is 16.3. The molecule has 2 heterocycles. The zero-order valence-electron chi connectivity index (χ0n) is 16.6. The highest BCUT2D eigenvalue weighted by molar-refractivity contribution is 7.15. The van der Waals surface area contributed by atoms with Crippen LogP contribution in [0.1, 0.15) is 44.4 Å². The number of hydrogen-bond acceptors (Lipinski definition) is 5. The van der Waals surface area contributed by atoms with Gasteiger partial charge in [-0.25, -0.2) is 0 Å². The van der Waals surface area contributed by atoms with E-state index < -0.39 is 0 Å². The molecule has 0 spiro atoms. The number of carbonyl (C=O) groups is 2. The molecule has 1 aliphatic rings. The number of benzene rings is 2. The summed E-state index contributed by atoms with van der Waals surface area (Å²) in [5.74, 6) is -0.155. The highest BCUT2D eigenvalue weighted by atomic mass is 32.1. The third-order valence-corrected chi connectivity index (χ3v) is 6.25. The standard InChI is InChI=1S/C22H22N4O2S/c1-13-4-7-16(8-5-13)20(28)23-22-25-24-21(29-22)17-11-19(27)26(12-17)18-9-6-14(2)15(3)10-18/h4-10,17H,11-12H2,1-3H3,(H,23,25,28)/t17-/m1/s1. The first-order valence-electron chi connectivity index (χ1n) is 9.50. The lowest BCUT2D eigenvalue weighted by atomic mass is 10.1. The summed E-state index contributed by atoms with van der Waals surface area (Å²) in [5, 5.41) is 12.3. The molecule has 0 unspecified atom stereocenters. The summed E-state index contributed by atoms with van der Waals surface area (Å²) >= 11 is 1.33. The van der Waals surface area contributed by atoms with Gasteiger partial charge in [-0.05, 0) is 56.2 Å². The van der Waals surface area contributed by atoms with Crippen molar-refractivity contribution in [2.75, 3.05) is 16.8 Å². The second-order valence-electron chi connectivity index (χ2n) is 7.44. The van der Waals surface area contributed by atoms with Crippen LogP contribution in [0.3, 0.4) is 0 Å². The van der Waals surface area contributed by atoms with Crippen LogP contribution in [0.2, 0.25) is 0 Å². The predicted molar refractivity (Wildman–Crippen MR) is 115 cm³/mol. The minimum absolute atomic E-state index is 0.0216. The van der Waals surface area contributed by atoms with E-state index >= 15 is 0 Å². The minimum atomic E-state index is -0.216. The second-order valence-corrected chi connectivity index (χ2v) is 8.45. The van der Waals surface area contributed by atoms with Gasteiger partial charge in [0.05, 0.1) is 0 Å². The van der Waals surface area contributed by atoms with Crippen LogP contribution in [-0.4, -0.2) is 28.6 Å². The van der Waals surface area contributed by atoms with Gasteiger partial charge < -0.3 is 4.90 Å². The lowest BCUT2D eigenvalue weighted by Crippen LogP contribution is -2.24. The van der Waals surface area contributed by atoms with Gasteiger partial charge in [0.1, 0.15) is 5.01 Å².